The minimum Gasteiger partial charge on any atom is -0.455 e. The van der Waals surface area contributed by atoms with Gasteiger partial charge in [0.05, 0.1) is 15.1 Å². The van der Waals surface area contributed by atoms with E-state index in [2.05, 4.69) is 4.98 Å². The zero-order valence-corrected chi connectivity index (χ0v) is 22.3. The van der Waals surface area contributed by atoms with Gasteiger partial charge in [0.2, 0.25) is 0 Å². The SMILES string of the molecule is [2H]c1c([2H])c([2H])c(-c2c([2H])c([2H])c([2H])c3c2oc2c([2H])c(-c4nc(-c5ccccc5)nc(-c5cccc(-c6ccccc6)c5)n4)c([2H])c([2H])c23)c([2H])c1[2H]. The maximum atomic E-state index is 9.37. The highest BCUT2D eigenvalue weighted by Crippen LogP contribution is 2.37. The Hall–Kier alpha value is -5.87. The third kappa shape index (κ3) is 4.65. The first-order chi connectivity index (χ1) is 25.9. The third-order valence-electron chi connectivity index (χ3n) is 6.93. The topological polar surface area (TPSA) is 51.8 Å². The maximum absolute atomic E-state index is 9.37. The van der Waals surface area contributed by atoms with Crippen LogP contribution < -0.4 is 0 Å². The van der Waals surface area contributed by atoms with Crippen LogP contribution in [0.3, 0.4) is 0 Å². The number of para-hydroxylation sites is 1. The van der Waals surface area contributed by atoms with Crippen LogP contribution >= 0.6 is 0 Å². The van der Waals surface area contributed by atoms with E-state index in [4.69, 9.17) is 26.7 Å². The summed E-state index contributed by atoms with van der Waals surface area (Å²) in [4.78, 5) is 14.2. The predicted molar refractivity (Wildman–Crippen MR) is 174 cm³/mol. The van der Waals surface area contributed by atoms with Gasteiger partial charge in [-0.05, 0) is 34.8 Å². The lowest BCUT2D eigenvalue weighted by Crippen LogP contribution is -2.00. The average Bonchev–Trinajstić information content (AvgIpc) is 3.60. The van der Waals surface area contributed by atoms with Gasteiger partial charge in [0.15, 0.2) is 17.5 Å². The molecule has 43 heavy (non-hydrogen) atoms. The van der Waals surface area contributed by atoms with Crippen LogP contribution in [0.5, 0.6) is 0 Å². The van der Waals surface area contributed by atoms with Crippen molar-refractivity contribution in [1.29, 1.82) is 0 Å². The van der Waals surface area contributed by atoms with Crippen molar-refractivity contribution in [3.8, 4) is 56.4 Å². The molecule has 0 bridgehead atoms. The van der Waals surface area contributed by atoms with Gasteiger partial charge >= 0.3 is 0 Å². The molecular weight excluding hydrogens is 526 g/mol. The number of benzene rings is 6. The van der Waals surface area contributed by atoms with Crippen molar-refractivity contribution in [1.82, 2.24) is 15.0 Å². The smallest absolute Gasteiger partial charge is 0.164 e. The summed E-state index contributed by atoms with van der Waals surface area (Å²) in [7, 11) is 0. The van der Waals surface area contributed by atoms with Crippen molar-refractivity contribution in [2.75, 3.05) is 0 Å². The van der Waals surface area contributed by atoms with Gasteiger partial charge in [0.1, 0.15) is 11.2 Å². The lowest BCUT2D eigenvalue weighted by Gasteiger charge is -2.09. The van der Waals surface area contributed by atoms with E-state index >= 15 is 0 Å². The van der Waals surface area contributed by atoms with Gasteiger partial charge in [-0.2, -0.15) is 0 Å². The fourth-order valence-electron chi connectivity index (χ4n) is 4.88. The van der Waals surface area contributed by atoms with Gasteiger partial charge in [-0.15, -0.1) is 0 Å². The van der Waals surface area contributed by atoms with E-state index < -0.39 is 72.0 Å². The Balaban J connectivity index is 1.43. The van der Waals surface area contributed by atoms with Gasteiger partial charge < -0.3 is 4.42 Å². The van der Waals surface area contributed by atoms with Gasteiger partial charge in [-0.1, -0.05) is 133 Å². The van der Waals surface area contributed by atoms with Crippen molar-refractivity contribution in [3.63, 3.8) is 0 Å². The third-order valence-corrected chi connectivity index (χ3v) is 6.93. The summed E-state index contributed by atoms with van der Waals surface area (Å²) in [5.74, 6) is 0.376. The van der Waals surface area contributed by atoms with Crippen molar-refractivity contribution < 1.29 is 19.5 Å². The summed E-state index contributed by atoms with van der Waals surface area (Å²) in [5.41, 5.74) is 1.53. The second kappa shape index (κ2) is 10.5. The molecule has 0 aliphatic heterocycles. The highest BCUT2D eigenvalue weighted by molar-refractivity contribution is 6.10. The zero-order valence-electron chi connectivity index (χ0n) is 33.3. The van der Waals surface area contributed by atoms with Crippen LogP contribution in [0.4, 0.5) is 0 Å². The second-order valence-electron chi connectivity index (χ2n) is 9.63. The number of aromatic nitrogens is 3. The molecule has 2 heterocycles. The molecule has 202 valence electrons. The van der Waals surface area contributed by atoms with Crippen molar-refractivity contribution in [3.05, 3.63) is 151 Å². The first-order valence-corrected chi connectivity index (χ1v) is 13.4. The van der Waals surface area contributed by atoms with E-state index in [1.54, 1.807) is 12.1 Å². The molecule has 0 aliphatic rings. The molecule has 8 aromatic rings. The van der Waals surface area contributed by atoms with E-state index in [1.807, 2.05) is 72.8 Å². The molecule has 0 spiro atoms. The van der Waals surface area contributed by atoms with E-state index in [0.29, 0.717) is 11.1 Å². The number of fused-ring (bicyclic) bond motifs is 3. The Labute approximate surface area is 264 Å². The molecule has 2 aromatic heterocycles. The Morgan fingerprint density at radius 1 is 0.465 bits per heavy atom. The van der Waals surface area contributed by atoms with Crippen LogP contribution in [0.2, 0.25) is 0 Å². The van der Waals surface area contributed by atoms with Crippen LogP contribution in [0.1, 0.15) is 15.1 Å². The van der Waals surface area contributed by atoms with E-state index in [0.717, 1.165) is 11.1 Å². The molecule has 0 fully saturated rings. The molecule has 6 aromatic carbocycles. The van der Waals surface area contributed by atoms with Crippen LogP contribution in [0, 0.1) is 0 Å². The molecule has 0 saturated heterocycles. The fraction of sp³-hybridized carbons (Fsp3) is 0. The number of hydrogen-bond acceptors (Lipinski definition) is 4. The highest BCUT2D eigenvalue weighted by atomic mass is 16.3. The summed E-state index contributed by atoms with van der Waals surface area (Å²) in [6, 6.07) is 19.8. The number of rotatable bonds is 5. The minimum atomic E-state index is -0.677. The largest absolute Gasteiger partial charge is 0.455 e. The van der Waals surface area contributed by atoms with Crippen LogP contribution in [-0.2, 0) is 0 Å². The van der Waals surface area contributed by atoms with Gasteiger partial charge in [0, 0.05) is 33.0 Å². The molecule has 0 atom stereocenters. The number of furan rings is 1. The summed E-state index contributed by atoms with van der Waals surface area (Å²) >= 11 is 0. The number of hydrogen-bond donors (Lipinski definition) is 0. The van der Waals surface area contributed by atoms with E-state index in [-0.39, 0.29) is 50.5 Å². The van der Waals surface area contributed by atoms with E-state index in [9.17, 15) is 2.74 Å². The van der Waals surface area contributed by atoms with Crippen LogP contribution in [-0.4, -0.2) is 15.0 Å². The standard InChI is InChI=1S/C39H25N3O/c1-4-12-26(13-5-1)29-18-10-19-30(24-29)38-40-37(28-16-8-3-9-17-28)41-39(42-38)31-22-23-33-34-21-11-20-32(27-14-6-2-7-15-27)36(34)43-35(33)25-31/h1-25H/i2D,6D,7D,11D,14D,15D,20D,21D,22D,23D,25D. The van der Waals surface area contributed by atoms with Gasteiger partial charge in [-0.25, -0.2) is 15.0 Å². The lowest BCUT2D eigenvalue weighted by molar-refractivity contribution is 0.670. The lowest BCUT2D eigenvalue weighted by atomic mass is 10.0. The number of nitrogens with zero attached hydrogens (tertiary/aromatic N) is 3. The first kappa shape index (κ1) is 15.9. The summed E-state index contributed by atoms with van der Waals surface area (Å²) in [5, 5.41) is -0.380. The molecule has 4 heteroatoms. The molecule has 0 saturated carbocycles. The van der Waals surface area contributed by atoms with Crippen molar-refractivity contribution in [2.45, 2.75) is 0 Å². The normalized spacial score (nSPS) is 14.8. The molecular formula is C39H25N3O. The maximum Gasteiger partial charge on any atom is 0.164 e. The Morgan fingerprint density at radius 2 is 1.12 bits per heavy atom. The summed E-state index contributed by atoms with van der Waals surface area (Å²) in [6.07, 6.45) is 0. The first-order valence-electron chi connectivity index (χ1n) is 18.9. The summed E-state index contributed by atoms with van der Waals surface area (Å²) < 4.78 is 102. The van der Waals surface area contributed by atoms with E-state index in [1.165, 1.54) is 0 Å². The molecule has 0 N–H and O–H groups in total. The fourth-order valence-corrected chi connectivity index (χ4v) is 4.88. The Bertz CT molecular complexity index is 2820. The van der Waals surface area contributed by atoms with Crippen molar-refractivity contribution >= 4 is 21.9 Å². The Kier molecular flexibility index (Phi) is 3.90. The highest BCUT2D eigenvalue weighted by Gasteiger charge is 2.16. The monoisotopic (exact) mass is 562 g/mol. The second-order valence-corrected chi connectivity index (χ2v) is 9.63. The predicted octanol–water partition coefficient (Wildman–Crippen LogP) is 10.1. The zero-order chi connectivity index (χ0) is 38.2. The average molecular weight is 563 g/mol. The van der Waals surface area contributed by atoms with Crippen LogP contribution in [0.15, 0.2) is 156 Å². The summed E-state index contributed by atoms with van der Waals surface area (Å²) in [6.45, 7) is 0. The minimum absolute atomic E-state index is 0.103. The molecule has 0 amide bonds. The van der Waals surface area contributed by atoms with Crippen LogP contribution in [0.25, 0.3) is 78.4 Å². The molecule has 0 unspecified atom stereocenters. The van der Waals surface area contributed by atoms with Gasteiger partial charge in [-0.3, -0.25) is 0 Å². The molecule has 0 radical (unpaired) electrons. The molecule has 8 rings (SSSR count). The molecule has 0 aliphatic carbocycles. The molecule has 4 nitrogen and oxygen atoms in total. The quantitative estimate of drug-likeness (QED) is 0.209. The van der Waals surface area contributed by atoms with Crippen molar-refractivity contribution in [2.24, 2.45) is 0 Å². The van der Waals surface area contributed by atoms with Gasteiger partial charge in [0.25, 0.3) is 0 Å². The Morgan fingerprint density at radius 3 is 1.88 bits per heavy atom.